The molecule has 2 rings (SSSR count). The number of benzene rings is 1. The van der Waals surface area contributed by atoms with Gasteiger partial charge >= 0.3 is 0 Å². The van der Waals surface area contributed by atoms with E-state index in [4.69, 9.17) is 11.6 Å². The fourth-order valence-electron chi connectivity index (χ4n) is 2.86. The summed E-state index contributed by atoms with van der Waals surface area (Å²) in [6.45, 7) is 0. The summed E-state index contributed by atoms with van der Waals surface area (Å²) < 4.78 is 0. The molecule has 0 radical (unpaired) electrons. The molecule has 94 valence electrons. The average Bonchev–Trinajstić information content (AvgIpc) is 2.29. The van der Waals surface area contributed by atoms with Crippen LogP contribution in [0.2, 0.25) is 0 Å². The second kappa shape index (κ2) is 7.06. The van der Waals surface area contributed by atoms with E-state index in [1.165, 1.54) is 50.5 Å². The SMILES string of the molecule is ClC(Cc1ccccc1)C1CCCCCCC1. The van der Waals surface area contributed by atoms with Gasteiger partial charge in [0.1, 0.15) is 0 Å². The normalized spacial score (nSPS) is 20.5. The van der Waals surface area contributed by atoms with Crippen molar-refractivity contribution < 1.29 is 0 Å². The molecule has 1 aliphatic carbocycles. The number of alkyl halides is 1. The second-order valence-corrected chi connectivity index (χ2v) is 5.87. The van der Waals surface area contributed by atoms with E-state index < -0.39 is 0 Å². The van der Waals surface area contributed by atoms with Crippen molar-refractivity contribution in [1.29, 1.82) is 0 Å². The molecule has 0 heterocycles. The van der Waals surface area contributed by atoms with Crippen LogP contribution in [-0.4, -0.2) is 5.38 Å². The molecule has 0 N–H and O–H groups in total. The third kappa shape index (κ3) is 4.35. The number of hydrogen-bond acceptors (Lipinski definition) is 0. The van der Waals surface area contributed by atoms with Gasteiger partial charge in [-0.2, -0.15) is 0 Å². The van der Waals surface area contributed by atoms with Gasteiger partial charge in [-0.25, -0.2) is 0 Å². The van der Waals surface area contributed by atoms with Crippen LogP contribution in [0, 0.1) is 5.92 Å². The largest absolute Gasteiger partial charge is 0.122 e. The standard InChI is InChI=1S/C16H23Cl/c17-16(13-14-9-5-4-6-10-14)15-11-7-2-1-3-8-12-15/h4-6,9-10,15-16H,1-3,7-8,11-13H2. The molecule has 0 spiro atoms. The molecule has 0 nitrogen and oxygen atoms in total. The van der Waals surface area contributed by atoms with Crippen LogP contribution in [0.4, 0.5) is 0 Å². The lowest BCUT2D eigenvalue weighted by Gasteiger charge is -2.24. The monoisotopic (exact) mass is 250 g/mol. The lowest BCUT2D eigenvalue weighted by molar-refractivity contribution is 0.364. The first-order chi connectivity index (χ1) is 8.36. The fourth-order valence-corrected chi connectivity index (χ4v) is 3.29. The topological polar surface area (TPSA) is 0 Å². The Morgan fingerprint density at radius 1 is 0.941 bits per heavy atom. The second-order valence-electron chi connectivity index (χ2n) is 5.31. The highest BCUT2D eigenvalue weighted by atomic mass is 35.5. The Kier molecular flexibility index (Phi) is 5.38. The molecular formula is C16H23Cl. The van der Waals surface area contributed by atoms with Gasteiger partial charge in [0.15, 0.2) is 0 Å². The molecule has 1 aromatic rings. The Labute approximate surface area is 110 Å². The molecule has 0 bridgehead atoms. The van der Waals surface area contributed by atoms with Gasteiger partial charge in [0.25, 0.3) is 0 Å². The zero-order chi connectivity index (χ0) is 11.9. The molecule has 1 heteroatoms. The van der Waals surface area contributed by atoms with E-state index in [0.29, 0.717) is 5.38 Å². The maximum Gasteiger partial charge on any atom is 0.0404 e. The summed E-state index contributed by atoms with van der Waals surface area (Å²) in [6, 6.07) is 10.7. The van der Waals surface area contributed by atoms with Gasteiger partial charge in [-0.1, -0.05) is 62.4 Å². The first-order valence-corrected chi connectivity index (χ1v) is 7.48. The van der Waals surface area contributed by atoms with Crippen molar-refractivity contribution in [3.63, 3.8) is 0 Å². The van der Waals surface area contributed by atoms with Crippen molar-refractivity contribution in [2.24, 2.45) is 5.92 Å². The van der Waals surface area contributed by atoms with Gasteiger partial charge < -0.3 is 0 Å². The van der Waals surface area contributed by atoms with E-state index in [1.807, 2.05) is 0 Å². The molecule has 1 atom stereocenters. The van der Waals surface area contributed by atoms with Crippen molar-refractivity contribution in [3.8, 4) is 0 Å². The smallest absolute Gasteiger partial charge is 0.0404 e. The number of hydrogen-bond donors (Lipinski definition) is 0. The van der Waals surface area contributed by atoms with E-state index in [2.05, 4.69) is 30.3 Å². The van der Waals surface area contributed by atoms with E-state index >= 15 is 0 Å². The molecule has 0 aromatic heterocycles. The van der Waals surface area contributed by atoms with Gasteiger partial charge in [-0.15, -0.1) is 11.6 Å². The molecule has 0 saturated heterocycles. The Morgan fingerprint density at radius 2 is 1.53 bits per heavy atom. The summed E-state index contributed by atoms with van der Waals surface area (Å²) in [5.74, 6) is 0.733. The third-order valence-corrected chi connectivity index (χ3v) is 4.45. The molecule has 0 amide bonds. The van der Waals surface area contributed by atoms with Crippen LogP contribution in [0.25, 0.3) is 0 Å². The molecule has 1 fully saturated rings. The van der Waals surface area contributed by atoms with Gasteiger partial charge in [0.2, 0.25) is 0 Å². The minimum Gasteiger partial charge on any atom is -0.122 e. The van der Waals surface area contributed by atoms with E-state index in [9.17, 15) is 0 Å². The summed E-state index contributed by atoms with van der Waals surface area (Å²) in [7, 11) is 0. The first-order valence-electron chi connectivity index (χ1n) is 7.04. The van der Waals surface area contributed by atoms with E-state index in [-0.39, 0.29) is 0 Å². The summed E-state index contributed by atoms with van der Waals surface area (Å²) in [4.78, 5) is 0. The lowest BCUT2D eigenvalue weighted by Crippen LogP contribution is -2.18. The summed E-state index contributed by atoms with van der Waals surface area (Å²) in [5.41, 5.74) is 1.38. The molecule has 0 aliphatic heterocycles. The van der Waals surface area contributed by atoms with Gasteiger partial charge in [-0.05, 0) is 30.7 Å². The Bertz CT molecular complexity index is 299. The van der Waals surface area contributed by atoms with Crippen LogP contribution in [0.3, 0.4) is 0 Å². The number of rotatable bonds is 3. The van der Waals surface area contributed by atoms with E-state index in [1.54, 1.807) is 0 Å². The third-order valence-electron chi connectivity index (χ3n) is 3.93. The summed E-state index contributed by atoms with van der Waals surface area (Å²) in [6.07, 6.45) is 10.7. The molecule has 1 saturated carbocycles. The zero-order valence-electron chi connectivity index (χ0n) is 10.6. The average molecular weight is 251 g/mol. The minimum absolute atomic E-state index is 0.329. The molecule has 1 unspecified atom stereocenters. The quantitative estimate of drug-likeness (QED) is 0.647. The van der Waals surface area contributed by atoms with E-state index in [0.717, 1.165) is 12.3 Å². The maximum atomic E-state index is 6.62. The van der Waals surface area contributed by atoms with Crippen molar-refractivity contribution in [1.82, 2.24) is 0 Å². The fraction of sp³-hybridized carbons (Fsp3) is 0.625. The molecule has 1 aromatic carbocycles. The molecule has 17 heavy (non-hydrogen) atoms. The highest BCUT2D eigenvalue weighted by Crippen LogP contribution is 2.29. The Morgan fingerprint density at radius 3 is 2.18 bits per heavy atom. The predicted octanol–water partition coefficient (Wildman–Crippen LogP) is 5.20. The van der Waals surface area contributed by atoms with Crippen molar-refractivity contribution in [3.05, 3.63) is 35.9 Å². The van der Waals surface area contributed by atoms with Crippen LogP contribution in [0.1, 0.15) is 50.5 Å². The lowest BCUT2D eigenvalue weighted by atomic mass is 9.86. The Hall–Kier alpha value is -0.490. The maximum absolute atomic E-state index is 6.62. The van der Waals surface area contributed by atoms with Crippen LogP contribution >= 0.6 is 11.6 Å². The summed E-state index contributed by atoms with van der Waals surface area (Å²) in [5, 5.41) is 0.329. The highest BCUT2D eigenvalue weighted by molar-refractivity contribution is 6.20. The van der Waals surface area contributed by atoms with Crippen LogP contribution in [-0.2, 0) is 6.42 Å². The first kappa shape index (κ1) is 13.0. The van der Waals surface area contributed by atoms with Gasteiger partial charge in [-0.3, -0.25) is 0 Å². The van der Waals surface area contributed by atoms with Gasteiger partial charge in [0, 0.05) is 5.38 Å². The van der Waals surface area contributed by atoms with Crippen LogP contribution in [0.5, 0.6) is 0 Å². The van der Waals surface area contributed by atoms with Gasteiger partial charge in [0.05, 0.1) is 0 Å². The van der Waals surface area contributed by atoms with Crippen LogP contribution in [0.15, 0.2) is 30.3 Å². The predicted molar refractivity (Wildman–Crippen MR) is 75.6 cm³/mol. The minimum atomic E-state index is 0.329. The zero-order valence-corrected chi connectivity index (χ0v) is 11.3. The van der Waals surface area contributed by atoms with Crippen molar-refractivity contribution in [2.45, 2.75) is 56.7 Å². The highest BCUT2D eigenvalue weighted by Gasteiger charge is 2.20. The van der Waals surface area contributed by atoms with Crippen molar-refractivity contribution in [2.75, 3.05) is 0 Å². The van der Waals surface area contributed by atoms with Crippen LogP contribution < -0.4 is 0 Å². The number of halogens is 1. The molecular weight excluding hydrogens is 228 g/mol. The Balaban J connectivity index is 1.87. The van der Waals surface area contributed by atoms with Crippen molar-refractivity contribution >= 4 is 11.6 Å². The summed E-state index contributed by atoms with van der Waals surface area (Å²) >= 11 is 6.62. The molecule has 1 aliphatic rings.